The quantitative estimate of drug-likeness (QED) is 0.665. The number of amides is 1. The number of hydrogen-bond donors (Lipinski definition) is 1. The Morgan fingerprint density at radius 1 is 1.21 bits per heavy atom. The van der Waals surface area contributed by atoms with Crippen LogP contribution in [0.15, 0.2) is 48.5 Å². The van der Waals surface area contributed by atoms with Crippen LogP contribution in [0.3, 0.4) is 0 Å². The monoisotopic (exact) mass is 375 g/mol. The van der Waals surface area contributed by atoms with Gasteiger partial charge in [-0.1, -0.05) is 18.2 Å². The largest absolute Gasteiger partial charge is 0.494 e. The lowest BCUT2D eigenvalue weighted by atomic mass is 10.1. The van der Waals surface area contributed by atoms with Gasteiger partial charge in [-0.05, 0) is 62.9 Å². The number of nitrogens with zero attached hydrogens (tertiary/aromatic N) is 2. The summed E-state index contributed by atoms with van der Waals surface area (Å²) in [6, 6.07) is 15.5. The van der Waals surface area contributed by atoms with E-state index in [4.69, 9.17) is 4.74 Å². The van der Waals surface area contributed by atoms with Gasteiger partial charge < -0.3 is 14.6 Å². The van der Waals surface area contributed by atoms with Gasteiger partial charge in [-0.2, -0.15) is 0 Å². The van der Waals surface area contributed by atoms with Gasteiger partial charge in [-0.3, -0.25) is 4.79 Å². The Morgan fingerprint density at radius 3 is 2.75 bits per heavy atom. The van der Waals surface area contributed by atoms with Gasteiger partial charge in [-0.15, -0.1) is 0 Å². The third-order valence-electron chi connectivity index (χ3n) is 5.24. The Morgan fingerprint density at radius 2 is 2.00 bits per heavy atom. The topological polar surface area (TPSA) is 56.1 Å². The van der Waals surface area contributed by atoms with E-state index in [2.05, 4.69) is 14.9 Å². The maximum Gasteiger partial charge on any atom is 0.258 e. The Labute approximate surface area is 165 Å². The molecule has 2 heterocycles. The van der Waals surface area contributed by atoms with Gasteiger partial charge in [0.1, 0.15) is 11.6 Å². The molecule has 1 saturated carbocycles. The van der Waals surface area contributed by atoms with Crippen molar-refractivity contribution in [1.29, 1.82) is 0 Å². The van der Waals surface area contributed by atoms with Crippen molar-refractivity contribution >= 4 is 11.7 Å². The SMILES string of the molecule is CCOc1cccc(-c2cccc(NC(=O)c3cc(C4CC4)n(C)c3C)n2)c1. The maximum absolute atomic E-state index is 12.8. The van der Waals surface area contributed by atoms with E-state index in [9.17, 15) is 4.79 Å². The van der Waals surface area contributed by atoms with Crippen molar-refractivity contribution in [3.8, 4) is 17.0 Å². The highest BCUT2D eigenvalue weighted by molar-refractivity contribution is 6.05. The summed E-state index contributed by atoms with van der Waals surface area (Å²) in [5.74, 6) is 1.83. The van der Waals surface area contributed by atoms with Crippen molar-refractivity contribution in [3.05, 3.63) is 65.5 Å². The molecular formula is C23H25N3O2. The third kappa shape index (κ3) is 3.65. The van der Waals surface area contributed by atoms with Crippen molar-refractivity contribution in [2.45, 2.75) is 32.6 Å². The van der Waals surface area contributed by atoms with Gasteiger partial charge in [0.25, 0.3) is 5.91 Å². The van der Waals surface area contributed by atoms with Crippen LogP contribution in [-0.2, 0) is 7.05 Å². The minimum absolute atomic E-state index is 0.118. The number of carbonyl (C=O) groups excluding carboxylic acids is 1. The van der Waals surface area contributed by atoms with Gasteiger partial charge in [0.05, 0.1) is 17.9 Å². The van der Waals surface area contributed by atoms with Gasteiger partial charge in [0.15, 0.2) is 0 Å². The molecule has 0 radical (unpaired) electrons. The third-order valence-corrected chi connectivity index (χ3v) is 5.24. The zero-order chi connectivity index (χ0) is 19.7. The molecule has 0 aliphatic heterocycles. The van der Waals surface area contributed by atoms with Crippen LogP contribution in [0.1, 0.15) is 47.4 Å². The van der Waals surface area contributed by atoms with Gasteiger partial charge in [0, 0.05) is 24.0 Å². The Bertz CT molecular complexity index is 1020. The first-order chi connectivity index (χ1) is 13.6. The van der Waals surface area contributed by atoms with E-state index in [1.165, 1.54) is 18.5 Å². The molecule has 1 aliphatic carbocycles. The van der Waals surface area contributed by atoms with E-state index in [1.54, 1.807) is 0 Å². The second-order valence-corrected chi connectivity index (χ2v) is 7.22. The van der Waals surface area contributed by atoms with Crippen LogP contribution in [0, 0.1) is 6.92 Å². The zero-order valence-corrected chi connectivity index (χ0v) is 16.5. The highest BCUT2D eigenvalue weighted by atomic mass is 16.5. The molecule has 0 spiro atoms. The van der Waals surface area contributed by atoms with Crippen molar-refractivity contribution in [3.63, 3.8) is 0 Å². The number of carbonyl (C=O) groups is 1. The van der Waals surface area contributed by atoms with E-state index in [1.807, 2.05) is 69.4 Å². The molecule has 0 saturated heterocycles. The summed E-state index contributed by atoms with van der Waals surface area (Å²) in [6.07, 6.45) is 2.42. The van der Waals surface area contributed by atoms with Crippen molar-refractivity contribution in [2.75, 3.05) is 11.9 Å². The van der Waals surface area contributed by atoms with Gasteiger partial charge >= 0.3 is 0 Å². The van der Waals surface area contributed by atoms with Gasteiger partial charge in [0.2, 0.25) is 0 Å². The van der Waals surface area contributed by atoms with Crippen LogP contribution in [0.4, 0.5) is 5.82 Å². The average Bonchev–Trinajstić information content (AvgIpc) is 3.49. The second kappa shape index (κ2) is 7.50. The van der Waals surface area contributed by atoms with Crippen molar-refractivity contribution in [2.24, 2.45) is 7.05 Å². The molecule has 1 aliphatic rings. The highest BCUT2D eigenvalue weighted by Crippen LogP contribution is 2.41. The van der Waals surface area contributed by atoms with Crippen LogP contribution < -0.4 is 10.1 Å². The lowest BCUT2D eigenvalue weighted by Gasteiger charge is -2.09. The number of benzene rings is 1. The number of rotatable bonds is 6. The molecule has 4 rings (SSSR count). The van der Waals surface area contributed by atoms with Crippen molar-refractivity contribution in [1.82, 2.24) is 9.55 Å². The zero-order valence-electron chi connectivity index (χ0n) is 16.5. The Hall–Kier alpha value is -3.08. The molecule has 2 aromatic heterocycles. The smallest absolute Gasteiger partial charge is 0.258 e. The number of hydrogen-bond acceptors (Lipinski definition) is 3. The Balaban J connectivity index is 1.56. The minimum Gasteiger partial charge on any atom is -0.494 e. The summed E-state index contributed by atoms with van der Waals surface area (Å²) in [4.78, 5) is 17.5. The molecule has 5 heteroatoms. The first kappa shape index (κ1) is 18.3. The van der Waals surface area contributed by atoms with Crippen LogP contribution in [-0.4, -0.2) is 22.1 Å². The van der Waals surface area contributed by atoms with E-state index in [-0.39, 0.29) is 5.91 Å². The molecule has 3 aromatic rings. The van der Waals surface area contributed by atoms with E-state index in [0.29, 0.717) is 18.3 Å². The van der Waals surface area contributed by atoms with Crippen LogP contribution in [0.25, 0.3) is 11.3 Å². The number of ether oxygens (including phenoxy) is 1. The maximum atomic E-state index is 12.8. The first-order valence-electron chi connectivity index (χ1n) is 9.74. The van der Waals surface area contributed by atoms with E-state index >= 15 is 0 Å². The predicted molar refractivity (Wildman–Crippen MR) is 111 cm³/mol. The first-order valence-corrected chi connectivity index (χ1v) is 9.74. The molecule has 1 N–H and O–H groups in total. The fourth-order valence-corrected chi connectivity index (χ4v) is 3.48. The molecular weight excluding hydrogens is 350 g/mol. The minimum atomic E-state index is -0.118. The molecule has 0 atom stereocenters. The lowest BCUT2D eigenvalue weighted by Crippen LogP contribution is -2.14. The molecule has 5 nitrogen and oxygen atoms in total. The Kier molecular flexibility index (Phi) is 4.90. The summed E-state index contributed by atoms with van der Waals surface area (Å²) < 4.78 is 7.71. The van der Waals surface area contributed by atoms with Crippen LogP contribution in [0.5, 0.6) is 5.75 Å². The van der Waals surface area contributed by atoms with Crippen molar-refractivity contribution < 1.29 is 9.53 Å². The van der Waals surface area contributed by atoms with Crippen LogP contribution in [0.2, 0.25) is 0 Å². The molecule has 0 bridgehead atoms. The molecule has 1 amide bonds. The molecule has 0 unspecified atom stereocenters. The second-order valence-electron chi connectivity index (χ2n) is 7.22. The standard InChI is InChI=1S/C23H25N3O2/c1-4-28-18-8-5-7-17(13-18)20-9-6-10-22(24-20)25-23(27)19-14-21(16-11-12-16)26(3)15(19)2/h5-10,13-14,16H,4,11-12H2,1-3H3,(H,24,25,27). The fourth-order valence-electron chi connectivity index (χ4n) is 3.48. The van der Waals surface area contributed by atoms with Crippen LogP contribution >= 0.6 is 0 Å². The predicted octanol–water partition coefficient (Wildman–Crippen LogP) is 4.92. The molecule has 144 valence electrons. The molecule has 1 fully saturated rings. The molecule has 28 heavy (non-hydrogen) atoms. The number of aromatic nitrogens is 2. The summed E-state index contributed by atoms with van der Waals surface area (Å²) in [5, 5.41) is 2.95. The number of anilines is 1. The fraction of sp³-hybridized carbons (Fsp3) is 0.304. The summed E-state index contributed by atoms with van der Waals surface area (Å²) in [7, 11) is 2.03. The lowest BCUT2D eigenvalue weighted by molar-refractivity contribution is 0.102. The summed E-state index contributed by atoms with van der Waals surface area (Å²) in [5.41, 5.74) is 4.70. The molecule has 1 aromatic carbocycles. The van der Waals surface area contributed by atoms with E-state index in [0.717, 1.165) is 28.3 Å². The average molecular weight is 375 g/mol. The number of pyridine rings is 1. The number of nitrogens with one attached hydrogen (secondary N) is 1. The normalized spacial score (nSPS) is 13.4. The summed E-state index contributed by atoms with van der Waals surface area (Å²) in [6.45, 7) is 4.57. The van der Waals surface area contributed by atoms with E-state index < -0.39 is 0 Å². The van der Waals surface area contributed by atoms with Gasteiger partial charge in [-0.25, -0.2) is 4.98 Å². The summed E-state index contributed by atoms with van der Waals surface area (Å²) >= 11 is 0. The highest BCUT2D eigenvalue weighted by Gasteiger charge is 2.29.